The van der Waals surface area contributed by atoms with Crippen LogP contribution in [0.1, 0.15) is 12.8 Å². The third-order valence-electron chi connectivity index (χ3n) is 3.07. The lowest BCUT2D eigenvalue weighted by atomic mass is 9.87. The van der Waals surface area contributed by atoms with Crippen LogP contribution in [-0.2, 0) is 9.47 Å². The van der Waals surface area contributed by atoms with Gasteiger partial charge in [-0.15, -0.1) is 0 Å². The summed E-state index contributed by atoms with van der Waals surface area (Å²) in [7, 11) is 0. The summed E-state index contributed by atoms with van der Waals surface area (Å²) in [5.74, 6) is 0. The van der Waals surface area contributed by atoms with E-state index in [2.05, 4.69) is 10.6 Å². The smallest absolute Gasteiger partial charge is 0.166 e. The van der Waals surface area contributed by atoms with Gasteiger partial charge in [0.25, 0.3) is 0 Å². The van der Waals surface area contributed by atoms with E-state index in [-0.39, 0.29) is 12.2 Å². The highest BCUT2D eigenvalue weighted by atomic mass is 32.1. The molecule has 4 atom stereocenters. The Kier molecular flexibility index (Phi) is 1.80. The summed E-state index contributed by atoms with van der Waals surface area (Å²) in [5.41, 5.74) is 0. The van der Waals surface area contributed by atoms with Gasteiger partial charge >= 0.3 is 0 Å². The molecule has 1 saturated carbocycles. The van der Waals surface area contributed by atoms with E-state index < -0.39 is 0 Å². The van der Waals surface area contributed by atoms with Crippen molar-refractivity contribution in [3.8, 4) is 0 Å². The number of hydrogen-bond acceptors (Lipinski definition) is 3. The van der Waals surface area contributed by atoms with E-state index in [0.29, 0.717) is 12.1 Å². The van der Waals surface area contributed by atoms with Gasteiger partial charge in [0.1, 0.15) is 24.7 Å². The van der Waals surface area contributed by atoms with Gasteiger partial charge in [0.2, 0.25) is 0 Å². The number of nitrogens with one attached hydrogen (secondary N) is 2. The van der Waals surface area contributed by atoms with Crippen molar-refractivity contribution in [2.45, 2.75) is 37.1 Å². The highest BCUT2D eigenvalue weighted by Crippen LogP contribution is 2.29. The number of hydrogen-bond donors (Lipinski definition) is 2. The lowest BCUT2D eigenvalue weighted by Crippen LogP contribution is -2.50. The van der Waals surface area contributed by atoms with Crippen LogP contribution in [0.5, 0.6) is 0 Å². The van der Waals surface area contributed by atoms with E-state index in [1.54, 1.807) is 12.5 Å². The minimum Gasteiger partial charge on any atom is -0.491 e. The van der Waals surface area contributed by atoms with E-state index in [1.807, 2.05) is 0 Å². The van der Waals surface area contributed by atoms with Crippen LogP contribution in [0.25, 0.3) is 0 Å². The minimum atomic E-state index is 0.177. The molecule has 5 heteroatoms. The first-order chi connectivity index (χ1) is 6.83. The Labute approximate surface area is 87.6 Å². The fourth-order valence-corrected chi connectivity index (χ4v) is 2.69. The molecule has 76 valence electrons. The van der Waals surface area contributed by atoms with Crippen LogP contribution >= 0.6 is 12.2 Å². The van der Waals surface area contributed by atoms with E-state index in [4.69, 9.17) is 21.7 Å². The SMILES string of the molecule is S=C1NC2CC3OC=COC3CC2N1. The normalized spacial score (nSPS) is 43.9. The predicted octanol–water partition coefficient (Wildman–Crippen LogP) is 0.250. The molecule has 2 heterocycles. The van der Waals surface area contributed by atoms with E-state index in [9.17, 15) is 0 Å². The number of rotatable bonds is 0. The van der Waals surface area contributed by atoms with Gasteiger partial charge in [-0.25, -0.2) is 0 Å². The first-order valence-corrected chi connectivity index (χ1v) is 5.27. The molecule has 3 aliphatic rings. The summed E-state index contributed by atoms with van der Waals surface area (Å²) in [6, 6.07) is 0.803. The Morgan fingerprint density at radius 3 is 2.07 bits per heavy atom. The van der Waals surface area contributed by atoms with Gasteiger partial charge < -0.3 is 20.1 Å². The first-order valence-electron chi connectivity index (χ1n) is 4.86. The highest BCUT2D eigenvalue weighted by Gasteiger charge is 2.43. The van der Waals surface area contributed by atoms with Crippen molar-refractivity contribution in [3.63, 3.8) is 0 Å². The average Bonchev–Trinajstić information content (AvgIpc) is 2.53. The summed E-state index contributed by atoms with van der Waals surface area (Å²) >= 11 is 5.08. The van der Waals surface area contributed by atoms with Gasteiger partial charge in [0.05, 0.1) is 12.1 Å². The Hall–Kier alpha value is -0.970. The fourth-order valence-electron chi connectivity index (χ4n) is 2.38. The number of thiocarbonyl (C=S) groups is 1. The summed E-state index contributed by atoms with van der Waals surface area (Å²) in [5, 5.41) is 7.26. The Bertz CT molecular complexity index is 265. The van der Waals surface area contributed by atoms with Gasteiger partial charge in [-0.05, 0) is 12.2 Å². The molecule has 3 rings (SSSR count). The Balaban J connectivity index is 1.76. The third kappa shape index (κ3) is 1.23. The van der Waals surface area contributed by atoms with E-state index >= 15 is 0 Å². The standard InChI is InChI=1S/C9H12N2O2S/c14-9-10-5-3-7-8(4-6(5)11-9)13-2-1-12-7/h1-2,5-8H,3-4H2,(H2,10,11,14). The molecule has 2 fully saturated rings. The number of fused-ring (bicyclic) bond motifs is 2. The molecule has 2 aliphatic heterocycles. The third-order valence-corrected chi connectivity index (χ3v) is 3.30. The lowest BCUT2D eigenvalue weighted by Gasteiger charge is -2.38. The molecule has 0 amide bonds. The molecule has 2 N–H and O–H groups in total. The monoisotopic (exact) mass is 212 g/mol. The van der Waals surface area contributed by atoms with Gasteiger partial charge in [-0.2, -0.15) is 0 Å². The maximum absolute atomic E-state index is 5.51. The molecule has 1 aliphatic carbocycles. The second-order valence-corrected chi connectivity index (χ2v) is 4.33. The molecular weight excluding hydrogens is 200 g/mol. The zero-order valence-electron chi connectivity index (χ0n) is 7.60. The van der Waals surface area contributed by atoms with Crippen LogP contribution in [-0.4, -0.2) is 29.4 Å². The van der Waals surface area contributed by atoms with Gasteiger partial charge in [-0.1, -0.05) is 0 Å². The summed E-state index contributed by atoms with van der Waals surface area (Å²) in [4.78, 5) is 0. The highest BCUT2D eigenvalue weighted by molar-refractivity contribution is 7.80. The van der Waals surface area contributed by atoms with E-state index in [1.165, 1.54) is 0 Å². The second-order valence-electron chi connectivity index (χ2n) is 3.92. The fraction of sp³-hybridized carbons (Fsp3) is 0.667. The van der Waals surface area contributed by atoms with Crippen LogP contribution in [0.4, 0.5) is 0 Å². The summed E-state index contributed by atoms with van der Waals surface area (Å²) in [6.45, 7) is 0. The maximum Gasteiger partial charge on any atom is 0.166 e. The molecule has 1 saturated heterocycles. The van der Waals surface area contributed by atoms with Crippen molar-refractivity contribution in [1.29, 1.82) is 0 Å². The van der Waals surface area contributed by atoms with Gasteiger partial charge in [0, 0.05) is 12.8 Å². The molecule has 4 unspecified atom stereocenters. The Morgan fingerprint density at radius 1 is 1.07 bits per heavy atom. The molecule has 14 heavy (non-hydrogen) atoms. The number of ether oxygens (including phenoxy) is 2. The molecule has 0 aromatic carbocycles. The zero-order chi connectivity index (χ0) is 9.54. The van der Waals surface area contributed by atoms with Crippen LogP contribution in [0, 0.1) is 0 Å². The largest absolute Gasteiger partial charge is 0.491 e. The van der Waals surface area contributed by atoms with Crippen LogP contribution in [0.2, 0.25) is 0 Å². The Morgan fingerprint density at radius 2 is 1.57 bits per heavy atom. The molecule has 0 aromatic rings. The minimum absolute atomic E-state index is 0.177. The van der Waals surface area contributed by atoms with Crippen molar-refractivity contribution in [3.05, 3.63) is 12.5 Å². The molecule has 0 aromatic heterocycles. The van der Waals surface area contributed by atoms with Crippen molar-refractivity contribution >= 4 is 17.3 Å². The van der Waals surface area contributed by atoms with Crippen molar-refractivity contribution in [2.75, 3.05) is 0 Å². The quantitative estimate of drug-likeness (QED) is 0.563. The van der Waals surface area contributed by atoms with Crippen LogP contribution in [0.3, 0.4) is 0 Å². The summed E-state index contributed by atoms with van der Waals surface area (Å²) < 4.78 is 11.0. The molecular formula is C9H12N2O2S. The second kappa shape index (κ2) is 3.02. The average molecular weight is 212 g/mol. The lowest BCUT2D eigenvalue weighted by molar-refractivity contribution is -0.0636. The molecule has 0 radical (unpaired) electrons. The van der Waals surface area contributed by atoms with Crippen molar-refractivity contribution in [2.24, 2.45) is 0 Å². The van der Waals surface area contributed by atoms with Crippen LogP contribution < -0.4 is 10.6 Å². The predicted molar refractivity (Wildman–Crippen MR) is 54.6 cm³/mol. The van der Waals surface area contributed by atoms with Crippen molar-refractivity contribution < 1.29 is 9.47 Å². The zero-order valence-corrected chi connectivity index (χ0v) is 8.42. The molecule has 0 spiro atoms. The summed E-state index contributed by atoms with van der Waals surface area (Å²) in [6.07, 6.45) is 5.51. The molecule has 0 bridgehead atoms. The maximum atomic E-state index is 5.51. The molecule has 4 nitrogen and oxygen atoms in total. The van der Waals surface area contributed by atoms with Crippen molar-refractivity contribution in [1.82, 2.24) is 10.6 Å². The van der Waals surface area contributed by atoms with E-state index in [0.717, 1.165) is 18.0 Å². The van der Waals surface area contributed by atoms with Crippen LogP contribution in [0.15, 0.2) is 12.5 Å². The first kappa shape index (κ1) is 8.35. The van der Waals surface area contributed by atoms with Gasteiger partial charge in [-0.3, -0.25) is 0 Å². The van der Waals surface area contributed by atoms with Gasteiger partial charge in [0.15, 0.2) is 5.11 Å². The topological polar surface area (TPSA) is 42.5 Å².